The molecule has 0 atom stereocenters. The molecule has 0 aromatic rings. The van der Waals surface area contributed by atoms with Crippen molar-refractivity contribution in [3.8, 4) is 0 Å². The van der Waals surface area contributed by atoms with Crippen molar-refractivity contribution in [3.05, 3.63) is 0 Å². The van der Waals surface area contributed by atoms with Crippen molar-refractivity contribution < 1.29 is 14.7 Å². The van der Waals surface area contributed by atoms with E-state index in [1.807, 2.05) is 4.90 Å². The van der Waals surface area contributed by atoms with Crippen LogP contribution in [0.25, 0.3) is 0 Å². The Morgan fingerprint density at radius 1 is 1.29 bits per heavy atom. The van der Waals surface area contributed by atoms with Gasteiger partial charge in [0.05, 0.1) is 0 Å². The molecule has 1 aliphatic heterocycles. The summed E-state index contributed by atoms with van der Waals surface area (Å²) in [6.45, 7) is 1.50. The number of piperidine rings is 1. The van der Waals surface area contributed by atoms with Gasteiger partial charge in [0.1, 0.15) is 0 Å². The van der Waals surface area contributed by atoms with Gasteiger partial charge in [0.15, 0.2) is 0 Å². The van der Waals surface area contributed by atoms with Gasteiger partial charge in [-0.1, -0.05) is 0 Å². The number of aliphatic hydroxyl groups excluding tert-OH is 1. The van der Waals surface area contributed by atoms with E-state index in [0.29, 0.717) is 25.9 Å². The van der Waals surface area contributed by atoms with Gasteiger partial charge in [-0.3, -0.25) is 9.59 Å². The molecule has 0 saturated carbocycles. The zero-order valence-corrected chi connectivity index (χ0v) is 10.4. The molecule has 0 aliphatic carbocycles. The van der Waals surface area contributed by atoms with Gasteiger partial charge < -0.3 is 15.3 Å². The maximum atomic E-state index is 11.8. The van der Waals surface area contributed by atoms with Gasteiger partial charge in [-0.2, -0.15) is 0 Å². The largest absolute Gasteiger partial charge is 0.396 e. The molecule has 5 nitrogen and oxygen atoms in total. The fourth-order valence-corrected chi connectivity index (χ4v) is 2.14. The predicted octanol–water partition coefficient (Wildman–Crippen LogP) is 0.134. The van der Waals surface area contributed by atoms with E-state index < -0.39 is 0 Å². The zero-order chi connectivity index (χ0) is 12.7. The van der Waals surface area contributed by atoms with E-state index in [2.05, 4.69) is 5.32 Å². The van der Waals surface area contributed by atoms with Crippen LogP contribution >= 0.6 is 0 Å². The molecule has 17 heavy (non-hydrogen) atoms. The molecular formula is C12H22N2O3. The summed E-state index contributed by atoms with van der Waals surface area (Å²) >= 11 is 0. The minimum absolute atomic E-state index is 0.0569. The normalized spacial score (nSPS) is 16.9. The molecule has 0 aromatic carbocycles. The first-order chi connectivity index (χ1) is 8.19. The van der Waals surface area contributed by atoms with Gasteiger partial charge in [-0.25, -0.2) is 0 Å². The van der Waals surface area contributed by atoms with E-state index in [4.69, 9.17) is 5.11 Å². The maximum absolute atomic E-state index is 11.8. The van der Waals surface area contributed by atoms with Crippen molar-refractivity contribution in [1.29, 1.82) is 0 Å². The number of hydrogen-bond acceptors (Lipinski definition) is 3. The number of likely N-dealkylation sites (tertiary alicyclic amines) is 1. The Balaban J connectivity index is 2.26. The summed E-state index contributed by atoms with van der Waals surface area (Å²) in [7, 11) is 1.65. The van der Waals surface area contributed by atoms with Crippen LogP contribution in [0.1, 0.15) is 32.1 Å². The molecule has 1 heterocycles. The molecular weight excluding hydrogens is 220 g/mol. The van der Waals surface area contributed by atoms with Crippen LogP contribution in [0.5, 0.6) is 0 Å². The number of aliphatic hydroxyl groups is 1. The van der Waals surface area contributed by atoms with E-state index in [0.717, 1.165) is 19.3 Å². The lowest BCUT2D eigenvalue weighted by Crippen LogP contribution is -2.42. The van der Waals surface area contributed by atoms with Gasteiger partial charge >= 0.3 is 0 Å². The Morgan fingerprint density at radius 2 is 1.94 bits per heavy atom. The van der Waals surface area contributed by atoms with Crippen LogP contribution in [0.15, 0.2) is 0 Å². The highest BCUT2D eigenvalue weighted by molar-refractivity contribution is 5.79. The smallest absolute Gasteiger partial charge is 0.222 e. The Morgan fingerprint density at radius 3 is 2.47 bits per heavy atom. The van der Waals surface area contributed by atoms with Crippen molar-refractivity contribution in [2.75, 3.05) is 26.7 Å². The molecule has 0 bridgehead atoms. The molecule has 98 valence electrons. The summed E-state index contributed by atoms with van der Waals surface area (Å²) in [5, 5.41) is 11.3. The van der Waals surface area contributed by atoms with Gasteiger partial charge in [-0.15, -0.1) is 0 Å². The standard InChI is InChI=1S/C12H22N2O3/c1-13-12(17)10-5-7-14(8-6-10)11(16)4-2-3-9-15/h10,15H,2-9H2,1H3,(H,13,17). The monoisotopic (exact) mass is 242 g/mol. The fraction of sp³-hybridized carbons (Fsp3) is 0.833. The number of amides is 2. The minimum Gasteiger partial charge on any atom is -0.396 e. The molecule has 0 aromatic heterocycles. The quantitative estimate of drug-likeness (QED) is 0.673. The highest BCUT2D eigenvalue weighted by Gasteiger charge is 2.26. The lowest BCUT2D eigenvalue weighted by atomic mass is 9.95. The van der Waals surface area contributed by atoms with E-state index in [1.54, 1.807) is 7.05 Å². The summed E-state index contributed by atoms with van der Waals surface area (Å²) in [5.74, 6) is 0.285. The highest BCUT2D eigenvalue weighted by Crippen LogP contribution is 2.18. The fourth-order valence-electron chi connectivity index (χ4n) is 2.14. The van der Waals surface area contributed by atoms with Crippen LogP contribution in [0.4, 0.5) is 0 Å². The van der Waals surface area contributed by atoms with Gasteiger partial charge in [0, 0.05) is 39.1 Å². The summed E-state index contributed by atoms with van der Waals surface area (Å²) in [5.41, 5.74) is 0. The van der Waals surface area contributed by atoms with Gasteiger partial charge in [-0.05, 0) is 25.7 Å². The summed E-state index contributed by atoms with van der Waals surface area (Å²) < 4.78 is 0. The third kappa shape index (κ3) is 4.34. The molecule has 1 fully saturated rings. The summed E-state index contributed by atoms with van der Waals surface area (Å²) in [6.07, 6.45) is 3.44. The Hall–Kier alpha value is -1.10. The number of nitrogens with one attached hydrogen (secondary N) is 1. The van der Waals surface area contributed by atoms with Crippen LogP contribution in [0.2, 0.25) is 0 Å². The Kier molecular flexibility index (Phi) is 5.97. The molecule has 1 rings (SSSR count). The van der Waals surface area contributed by atoms with Crippen LogP contribution in [0.3, 0.4) is 0 Å². The third-order valence-electron chi connectivity index (χ3n) is 3.26. The molecule has 5 heteroatoms. The molecule has 2 amide bonds. The number of unbranched alkanes of at least 4 members (excludes halogenated alkanes) is 1. The van der Waals surface area contributed by atoms with Crippen molar-refractivity contribution in [3.63, 3.8) is 0 Å². The van der Waals surface area contributed by atoms with Crippen LogP contribution in [0, 0.1) is 5.92 Å². The number of carbonyl (C=O) groups excluding carboxylic acids is 2. The van der Waals surface area contributed by atoms with Crippen LogP contribution in [-0.4, -0.2) is 48.6 Å². The first-order valence-corrected chi connectivity index (χ1v) is 6.29. The van der Waals surface area contributed by atoms with Gasteiger partial charge in [0.25, 0.3) is 0 Å². The maximum Gasteiger partial charge on any atom is 0.222 e. The van der Waals surface area contributed by atoms with Crippen LogP contribution in [-0.2, 0) is 9.59 Å². The number of hydrogen-bond donors (Lipinski definition) is 2. The summed E-state index contributed by atoms with van der Waals surface area (Å²) in [4.78, 5) is 25.0. The number of rotatable bonds is 5. The van der Waals surface area contributed by atoms with E-state index in [9.17, 15) is 9.59 Å². The lowest BCUT2D eigenvalue weighted by molar-refractivity contribution is -0.135. The van der Waals surface area contributed by atoms with Crippen molar-refractivity contribution in [2.45, 2.75) is 32.1 Å². The molecule has 0 spiro atoms. The van der Waals surface area contributed by atoms with E-state index in [1.165, 1.54) is 0 Å². The Bertz CT molecular complexity index is 260. The zero-order valence-electron chi connectivity index (χ0n) is 10.4. The Labute approximate surface area is 102 Å². The number of nitrogens with zero attached hydrogens (tertiary/aromatic N) is 1. The first kappa shape index (κ1) is 14.0. The van der Waals surface area contributed by atoms with Crippen molar-refractivity contribution >= 4 is 11.8 Å². The van der Waals surface area contributed by atoms with Crippen molar-refractivity contribution in [1.82, 2.24) is 10.2 Å². The molecule has 2 N–H and O–H groups in total. The summed E-state index contributed by atoms with van der Waals surface area (Å²) in [6, 6.07) is 0. The SMILES string of the molecule is CNC(=O)C1CCN(C(=O)CCCCO)CC1. The second-order valence-corrected chi connectivity index (χ2v) is 4.45. The van der Waals surface area contributed by atoms with Crippen molar-refractivity contribution in [2.24, 2.45) is 5.92 Å². The van der Waals surface area contributed by atoms with Crippen LogP contribution < -0.4 is 5.32 Å². The molecule has 0 unspecified atom stereocenters. The van der Waals surface area contributed by atoms with E-state index >= 15 is 0 Å². The predicted molar refractivity (Wildman–Crippen MR) is 64.3 cm³/mol. The van der Waals surface area contributed by atoms with E-state index in [-0.39, 0.29) is 24.3 Å². The first-order valence-electron chi connectivity index (χ1n) is 6.29. The topological polar surface area (TPSA) is 69.6 Å². The third-order valence-corrected chi connectivity index (χ3v) is 3.26. The second-order valence-electron chi connectivity index (χ2n) is 4.45. The minimum atomic E-state index is 0.0569. The second kappa shape index (κ2) is 7.27. The average molecular weight is 242 g/mol. The molecule has 1 saturated heterocycles. The number of carbonyl (C=O) groups is 2. The average Bonchev–Trinajstić information content (AvgIpc) is 2.38. The molecule has 0 radical (unpaired) electrons. The highest BCUT2D eigenvalue weighted by atomic mass is 16.3. The van der Waals surface area contributed by atoms with Gasteiger partial charge in [0.2, 0.25) is 11.8 Å². The molecule has 1 aliphatic rings. The lowest BCUT2D eigenvalue weighted by Gasteiger charge is -2.31.